The average molecular weight is 773 g/mol. The van der Waals surface area contributed by atoms with Crippen molar-refractivity contribution in [2.75, 3.05) is 13.2 Å². The molecule has 4 heterocycles. The summed E-state index contributed by atoms with van der Waals surface area (Å²) in [7, 11) is 0. The topological polar surface area (TPSA) is 349 Å². The lowest BCUT2D eigenvalue weighted by molar-refractivity contribution is -0.362. The Morgan fingerprint density at radius 1 is 0.667 bits per heavy atom. The summed E-state index contributed by atoms with van der Waals surface area (Å²) in [5.41, 5.74) is -1.62. The molecule has 54 heavy (non-hydrogen) atoms. The van der Waals surface area contributed by atoms with E-state index in [1.54, 1.807) is 0 Å². The number of ether oxygens (including phenoxy) is 6. The monoisotopic (exact) mass is 772 g/mol. The maximum Gasteiger partial charge on any atom is 0.239 e. The standard InChI is InChI=1S/C33H40O21/c1-9-19(39)23(43)26(46)31(49-9)48-8-17-21(41)25(45)30(54-32-27(47)24(44)20(40)16(7-34)51-32)33(52-17)53-29-22(42)18-14(38)5-11(35)6-15(18)50-28(29)10-2-3-12(36)13(37)4-10/h2-6,9,16-17,19-21,23-27,30-41,43-47H,7-8H2,1H3/t9?,16?,17?,19-,20+,21+,23-,24?,25?,26?,27+,30?,31+,32-,33-/m0/s1. The fourth-order valence-electron chi connectivity index (χ4n) is 6.30. The van der Waals surface area contributed by atoms with Gasteiger partial charge in [-0.1, -0.05) is 0 Å². The summed E-state index contributed by atoms with van der Waals surface area (Å²) < 4.78 is 39.8. The Hall–Kier alpha value is -3.91. The van der Waals surface area contributed by atoms with Crippen molar-refractivity contribution in [1.82, 2.24) is 0 Å². The second kappa shape index (κ2) is 15.7. The normalized spacial score (nSPS) is 37.3. The molecule has 0 saturated carbocycles. The molecule has 21 heteroatoms. The summed E-state index contributed by atoms with van der Waals surface area (Å²) in [6.45, 7) is -0.209. The molecule has 6 rings (SSSR count). The molecule has 3 aliphatic rings. The van der Waals surface area contributed by atoms with Crippen LogP contribution in [-0.4, -0.2) is 172 Å². The van der Waals surface area contributed by atoms with E-state index in [0.717, 1.165) is 24.3 Å². The van der Waals surface area contributed by atoms with E-state index in [0.29, 0.717) is 0 Å². The predicted octanol–water partition coefficient (Wildman–Crippen LogP) is -3.86. The first-order valence-electron chi connectivity index (χ1n) is 16.5. The van der Waals surface area contributed by atoms with Gasteiger partial charge in [-0.2, -0.15) is 0 Å². The first-order chi connectivity index (χ1) is 25.5. The van der Waals surface area contributed by atoms with Crippen LogP contribution in [0.25, 0.3) is 22.3 Å². The Morgan fingerprint density at radius 3 is 2.00 bits per heavy atom. The van der Waals surface area contributed by atoms with Gasteiger partial charge < -0.3 is 99.2 Å². The summed E-state index contributed by atoms with van der Waals surface area (Å²) in [4.78, 5) is 14.1. The van der Waals surface area contributed by atoms with Crippen molar-refractivity contribution in [2.24, 2.45) is 0 Å². The van der Waals surface area contributed by atoms with Gasteiger partial charge in [0.15, 0.2) is 35.9 Å². The number of aliphatic hydroxyl groups is 9. The molecular weight excluding hydrogens is 732 g/mol. The van der Waals surface area contributed by atoms with Crippen LogP contribution in [-0.2, 0) is 23.7 Å². The number of aliphatic hydroxyl groups excluding tert-OH is 9. The Bertz CT molecular complexity index is 1850. The van der Waals surface area contributed by atoms with Gasteiger partial charge in [0.1, 0.15) is 83.5 Å². The number of phenolic OH excluding ortho intramolecular Hbond substituents is 4. The zero-order chi connectivity index (χ0) is 39.3. The largest absolute Gasteiger partial charge is 0.508 e. The zero-order valence-electron chi connectivity index (χ0n) is 28.0. The molecule has 0 bridgehead atoms. The number of benzene rings is 2. The van der Waals surface area contributed by atoms with Crippen LogP contribution in [0.4, 0.5) is 0 Å². The minimum atomic E-state index is -2.10. The van der Waals surface area contributed by atoms with Crippen LogP contribution in [0.5, 0.6) is 28.7 Å². The van der Waals surface area contributed by atoms with Crippen LogP contribution in [0, 0.1) is 0 Å². The second-order valence-electron chi connectivity index (χ2n) is 13.1. The highest BCUT2D eigenvalue weighted by Crippen LogP contribution is 2.40. The van der Waals surface area contributed by atoms with Gasteiger partial charge in [-0.3, -0.25) is 4.79 Å². The molecule has 2 aromatic carbocycles. The first-order valence-corrected chi connectivity index (χ1v) is 16.5. The van der Waals surface area contributed by atoms with E-state index in [9.17, 15) is 71.2 Å². The maximum atomic E-state index is 14.1. The van der Waals surface area contributed by atoms with Crippen LogP contribution in [0.15, 0.2) is 39.5 Å². The van der Waals surface area contributed by atoms with Crippen molar-refractivity contribution in [3.8, 4) is 40.1 Å². The molecule has 0 spiro atoms. The smallest absolute Gasteiger partial charge is 0.239 e. The van der Waals surface area contributed by atoms with E-state index in [1.807, 2.05) is 0 Å². The zero-order valence-corrected chi connectivity index (χ0v) is 28.0. The quantitative estimate of drug-likeness (QED) is 0.0925. The Labute approximate surface area is 303 Å². The Kier molecular flexibility index (Phi) is 11.5. The van der Waals surface area contributed by atoms with Gasteiger partial charge in [0, 0.05) is 17.7 Å². The first kappa shape index (κ1) is 39.8. The molecule has 21 nitrogen and oxygen atoms in total. The molecule has 13 N–H and O–H groups in total. The van der Waals surface area contributed by atoms with Gasteiger partial charge in [0.25, 0.3) is 0 Å². The lowest BCUT2D eigenvalue weighted by Gasteiger charge is -2.46. The molecule has 0 amide bonds. The minimum absolute atomic E-state index is 0.122. The van der Waals surface area contributed by atoms with Gasteiger partial charge in [-0.05, 0) is 25.1 Å². The third kappa shape index (κ3) is 7.39. The molecule has 3 fully saturated rings. The van der Waals surface area contributed by atoms with Crippen LogP contribution in [0.1, 0.15) is 6.92 Å². The van der Waals surface area contributed by atoms with Gasteiger partial charge in [0.2, 0.25) is 17.5 Å². The predicted molar refractivity (Wildman–Crippen MR) is 173 cm³/mol. The molecule has 3 saturated heterocycles. The molecule has 3 aromatic rings. The summed E-state index contributed by atoms with van der Waals surface area (Å²) in [6, 6.07) is 5.00. The fourth-order valence-corrected chi connectivity index (χ4v) is 6.30. The Morgan fingerprint density at radius 2 is 1.31 bits per heavy atom. The van der Waals surface area contributed by atoms with Gasteiger partial charge in [0.05, 0.1) is 19.3 Å². The molecular formula is C33H40O21. The highest BCUT2D eigenvalue weighted by atomic mass is 16.8. The molecule has 3 aliphatic heterocycles. The van der Waals surface area contributed by atoms with Crippen molar-refractivity contribution in [3.63, 3.8) is 0 Å². The van der Waals surface area contributed by atoms with E-state index in [1.165, 1.54) is 13.0 Å². The maximum absolute atomic E-state index is 14.1. The van der Waals surface area contributed by atoms with Gasteiger partial charge >= 0.3 is 0 Å². The number of fused-ring (bicyclic) bond motifs is 1. The minimum Gasteiger partial charge on any atom is -0.508 e. The number of hydrogen-bond donors (Lipinski definition) is 13. The van der Waals surface area contributed by atoms with E-state index in [4.69, 9.17) is 32.8 Å². The molecule has 0 radical (unpaired) electrons. The van der Waals surface area contributed by atoms with E-state index in [-0.39, 0.29) is 11.1 Å². The van der Waals surface area contributed by atoms with E-state index < -0.39 is 151 Å². The van der Waals surface area contributed by atoms with Crippen LogP contribution < -0.4 is 10.2 Å². The average Bonchev–Trinajstić information content (AvgIpc) is 3.13. The number of aromatic hydroxyl groups is 4. The van der Waals surface area contributed by atoms with Crippen molar-refractivity contribution < 1.29 is 99.2 Å². The number of rotatable bonds is 9. The van der Waals surface area contributed by atoms with Crippen LogP contribution in [0.3, 0.4) is 0 Å². The fraction of sp³-hybridized carbons (Fsp3) is 0.545. The highest BCUT2D eigenvalue weighted by molar-refractivity contribution is 5.88. The third-order valence-electron chi connectivity index (χ3n) is 9.41. The van der Waals surface area contributed by atoms with Gasteiger partial charge in [-0.15, -0.1) is 0 Å². The van der Waals surface area contributed by atoms with Crippen molar-refractivity contribution in [2.45, 2.75) is 99.0 Å². The summed E-state index contributed by atoms with van der Waals surface area (Å²) in [6.07, 6.45) is -26.6. The lowest BCUT2D eigenvalue weighted by Crippen LogP contribution is -2.65. The second-order valence-corrected chi connectivity index (χ2v) is 13.1. The molecule has 7 unspecified atom stereocenters. The molecule has 0 aliphatic carbocycles. The molecule has 1 aromatic heterocycles. The van der Waals surface area contributed by atoms with Crippen molar-refractivity contribution >= 4 is 11.0 Å². The summed E-state index contributed by atoms with van der Waals surface area (Å²) in [5, 5.41) is 135. The van der Waals surface area contributed by atoms with E-state index in [2.05, 4.69) is 0 Å². The van der Waals surface area contributed by atoms with Crippen molar-refractivity contribution in [3.05, 3.63) is 40.6 Å². The third-order valence-corrected chi connectivity index (χ3v) is 9.41. The number of hydrogen-bond acceptors (Lipinski definition) is 21. The van der Waals surface area contributed by atoms with Crippen LogP contribution in [0.2, 0.25) is 0 Å². The summed E-state index contributed by atoms with van der Waals surface area (Å²) >= 11 is 0. The highest BCUT2D eigenvalue weighted by Gasteiger charge is 2.52. The number of phenols is 4. The Balaban J connectivity index is 1.40. The van der Waals surface area contributed by atoms with Crippen LogP contribution >= 0.6 is 0 Å². The molecule has 15 atom stereocenters. The summed E-state index contributed by atoms with van der Waals surface area (Å²) in [5.74, 6) is -3.82. The van der Waals surface area contributed by atoms with Gasteiger partial charge in [-0.25, -0.2) is 0 Å². The lowest BCUT2D eigenvalue weighted by atomic mass is 9.97. The SMILES string of the molecule is CC1O[C@@H](OCC2O[C@@H](Oc3c(-c4ccc(O)c(O)c4)oc4cc(O)cc(O)c4c3=O)C(O[C@@H]3OC(CO)[C@@H](O)C(O)[C@H]3O)C(O)[C@@H]2O)C(O)[C@@H](O)[C@H]1O. The van der Waals surface area contributed by atoms with E-state index >= 15 is 0 Å². The van der Waals surface area contributed by atoms with Crippen molar-refractivity contribution in [1.29, 1.82) is 0 Å². The molecule has 298 valence electrons.